The Balaban J connectivity index is 0.000000279. The number of quaternary nitrogens is 1. The van der Waals surface area contributed by atoms with Crippen molar-refractivity contribution in [1.29, 1.82) is 0 Å². The molecule has 0 unspecified atom stereocenters. The molecular weight excluding hydrogens is 407 g/mol. The van der Waals surface area contributed by atoms with Crippen LogP contribution in [0, 0.1) is 0 Å². The monoisotopic (exact) mass is 429 g/mol. The molecule has 0 N–H and O–H groups in total. The standard InChI is InChI=1S/C16H22N5.F6P/c1-2-8-16-15(7-1)17-18-20(16)21(12-5-6-13-21)14-11-19-9-3-4-10-19;1-7(2,3,4,5)6/h1-2,7-8,11,14H,3-6,9-10,12-13H2;/q+1;-1. The molecule has 12 heteroatoms. The summed E-state index contributed by atoms with van der Waals surface area (Å²) in [5.74, 6) is 0. The second-order valence-electron chi connectivity index (χ2n) is 7.11. The van der Waals surface area contributed by atoms with Gasteiger partial charge in [-0.2, -0.15) is 4.59 Å². The van der Waals surface area contributed by atoms with Crippen LogP contribution in [-0.2, 0) is 0 Å². The Morgan fingerprint density at radius 1 is 0.893 bits per heavy atom. The number of fused-ring (bicyclic) bond motifs is 1. The van der Waals surface area contributed by atoms with Gasteiger partial charge >= 0.3 is 33.0 Å². The maximum absolute atomic E-state index is 10.7. The van der Waals surface area contributed by atoms with E-state index in [0.29, 0.717) is 0 Å². The second-order valence-corrected chi connectivity index (χ2v) is 9.03. The van der Waals surface area contributed by atoms with Crippen LogP contribution in [0.4, 0.5) is 25.2 Å². The van der Waals surface area contributed by atoms with Crippen LogP contribution in [0.2, 0.25) is 0 Å². The number of likely N-dealkylation sites (tertiary alicyclic amines) is 2. The molecule has 1 aromatic carbocycles. The van der Waals surface area contributed by atoms with E-state index in [1.54, 1.807) is 0 Å². The quantitative estimate of drug-likeness (QED) is 0.361. The molecule has 0 saturated carbocycles. The molecule has 2 aliphatic rings. The molecule has 28 heavy (non-hydrogen) atoms. The van der Waals surface area contributed by atoms with Crippen LogP contribution < -0.4 is 4.59 Å². The van der Waals surface area contributed by atoms with Gasteiger partial charge in [0.2, 0.25) is 0 Å². The average molecular weight is 429 g/mol. The normalized spacial score (nSPS) is 22.1. The Bertz CT molecular complexity index is 840. The van der Waals surface area contributed by atoms with Crippen LogP contribution >= 0.6 is 7.81 Å². The van der Waals surface area contributed by atoms with Crippen LogP contribution in [0.5, 0.6) is 0 Å². The number of para-hydroxylation sites is 1. The number of hydrogen-bond acceptors (Lipinski definition) is 3. The first kappa shape index (κ1) is 20.9. The summed E-state index contributed by atoms with van der Waals surface area (Å²) in [6.07, 6.45) is 9.75. The van der Waals surface area contributed by atoms with Crippen molar-refractivity contribution in [3.05, 3.63) is 36.7 Å². The van der Waals surface area contributed by atoms with E-state index in [1.807, 2.05) is 12.1 Å². The molecule has 3 heterocycles. The fourth-order valence-electron chi connectivity index (χ4n) is 3.54. The zero-order chi connectivity index (χ0) is 20.5. The molecule has 0 spiro atoms. The Morgan fingerprint density at radius 2 is 1.46 bits per heavy atom. The predicted molar refractivity (Wildman–Crippen MR) is 97.5 cm³/mol. The van der Waals surface area contributed by atoms with E-state index >= 15 is 0 Å². The Labute approximate surface area is 158 Å². The van der Waals surface area contributed by atoms with E-state index in [-0.39, 0.29) is 0 Å². The number of hydrogen-bond donors (Lipinski definition) is 0. The fourth-order valence-corrected chi connectivity index (χ4v) is 3.54. The third-order valence-corrected chi connectivity index (χ3v) is 4.75. The second kappa shape index (κ2) is 6.59. The molecule has 5 nitrogen and oxygen atoms in total. The van der Waals surface area contributed by atoms with E-state index in [4.69, 9.17) is 0 Å². The molecule has 2 fully saturated rings. The van der Waals surface area contributed by atoms with Gasteiger partial charge in [0, 0.05) is 25.9 Å². The number of nitrogens with zero attached hydrogens (tertiary/aromatic N) is 5. The Kier molecular flexibility index (Phi) is 4.91. The van der Waals surface area contributed by atoms with Crippen LogP contribution in [-0.4, -0.2) is 46.2 Å². The van der Waals surface area contributed by atoms with Gasteiger partial charge in [-0.15, -0.1) is 5.10 Å². The fraction of sp³-hybridized carbons (Fsp3) is 0.500. The molecule has 158 valence electrons. The van der Waals surface area contributed by atoms with Crippen molar-refractivity contribution in [3.63, 3.8) is 0 Å². The molecule has 2 saturated heterocycles. The third-order valence-electron chi connectivity index (χ3n) is 4.75. The van der Waals surface area contributed by atoms with Gasteiger partial charge in [0.15, 0.2) is 0 Å². The van der Waals surface area contributed by atoms with Gasteiger partial charge in [0.05, 0.1) is 6.20 Å². The first-order valence-electron chi connectivity index (χ1n) is 9.00. The maximum atomic E-state index is 9.87. The molecule has 0 amide bonds. The minimum atomic E-state index is -10.7. The molecular formula is C16H22F6N5P. The summed E-state index contributed by atoms with van der Waals surface area (Å²) in [6.45, 7) is 4.60. The number of aromatic nitrogens is 3. The van der Waals surface area contributed by atoms with Gasteiger partial charge in [0.1, 0.15) is 30.3 Å². The van der Waals surface area contributed by atoms with Crippen molar-refractivity contribution in [2.45, 2.75) is 25.7 Å². The average Bonchev–Trinajstić information content (AvgIpc) is 3.30. The first-order chi connectivity index (χ1) is 12.8. The summed E-state index contributed by atoms with van der Waals surface area (Å²) in [4.78, 5) is 4.53. The summed E-state index contributed by atoms with van der Waals surface area (Å²) in [7, 11) is -10.7. The molecule has 0 radical (unpaired) electrons. The summed E-state index contributed by atoms with van der Waals surface area (Å²) < 4.78 is 60.0. The Morgan fingerprint density at radius 3 is 2.07 bits per heavy atom. The molecule has 0 atom stereocenters. The molecule has 4 rings (SSSR count). The topological polar surface area (TPSA) is 34.0 Å². The molecule has 2 aliphatic heterocycles. The Hall–Kier alpha value is -1.87. The number of halogens is 6. The zero-order valence-electron chi connectivity index (χ0n) is 15.1. The third kappa shape index (κ3) is 6.07. The van der Waals surface area contributed by atoms with E-state index < -0.39 is 7.81 Å². The van der Waals surface area contributed by atoms with Gasteiger partial charge in [0.25, 0.3) is 0 Å². The van der Waals surface area contributed by atoms with Gasteiger partial charge < -0.3 is 4.90 Å². The van der Waals surface area contributed by atoms with E-state index in [0.717, 1.165) is 28.7 Å². The van der Waals surface area contributed by atoms with E-state index in [1.165, 1.54) is 38.8 Å². The van der Waals surface area contributed by atoms with Crippen molar-refractivity contribution < 1.29 is 25.2 Å². The molecule has 0 bridgehead atoms. The molecule has 2 aromatic rings. The van der Waals surface area contributed by atoms with Crippen molar-refractivity contribution in [2.75, 3.05) is 26.2 Å². The van der Waals surface area contributed by atoms with Gasteiger partial charge in [-0.25, -0.2) is 0 Å². The molecule has 0 aliphatic carbocycles. The van der Waals surface area contributed by atoms with Crippen LogP contribution in [0.3, 0.4) is 0 Å². The minimum absolute atomic E-state index is 0.789. The van der Waals surface area contributed by atoms with Crippen molar-refractivity contribution >= 4 is 18.8 Å². The van der Waals surface area contributed by atoms with Crippen LogP contribution in [0.1, 0.15) is 25.7 Å². The number of benzene rings is 1. The van der Waals surface area contributed by atoms with Gasteiger partial charge in [-0.3, -0.25) is 0 Å². The first-order valence-corrected chi connectivity index (χ1v) is 11.0. The zero-order valence-corrected chi connectivity index (χ0v) is 16.0. The summed E-state index contributed by atoms with van der Waals surface area (Å²) in [6, 6.07) is 8.25. The summed E-state index contributed by atoms with van der Waals surface area (Å²) in [5.41, 5.74) is 2.11. The summed E-state index contributed by atoms with van der Waals surface area (Å²) >= 11 is 0. The predicted octanol–water partition coefficient (Wildman–Crippen LogP) is 5.61. The van der Waals surface area contributed by atoms with Crippen LogP contribution in [0.15, 0.2) is 36.7 Å². The van der Waals surface area contributed by atoms with Crippen LogP contribution in [0.25, 0.3) is 11.0 Å². The van der Waals surface area contributed by atoms with Gasteiger partial charge in [-0.05, 0) is 30.2 Å². The SMILES string of the molecule is C(=C[N+]1(n2nnc3ccccc32)CCCC1)N1CCCC1.F[P-](F)(F)(F)(F)F. The van der Waals surface area contributed by atoms with E-state index in [2.05, 4.69) is 44.5 Å². The van der Waals surface area contributed by atoms with E-state index in [9.17, 15) is 25.2 Å². The summed E-state index contributed by atoms with van der Waals surface area (Å²) in [5, 5.41) is 8.80. The van der Waals surface area contributed by atoms with Crippen molar-refractivity contribution in [3.8, 4) is 0 Å². The number of rotatable bonds is 3. The van der Waals surface area contributed by atoms with Gasteiger partial charge in [-0.1, -0.05) is 16.9 Å². The van der Waals surface area contributed by atoms with Crippen molar-refractivity contribution in [2.24, 2.45) is 0 Å². The van der Waals surface area contributed by atoms with Crippen molar-refractivity contribution in [1.82, 2.24) is 24.6 Å². The molecule has 1 aromatic heterocycles.